The number of hydrogen-bond acceptors (Lipinski definition) is 2. The third-order valence-corrected chi connectivity index (χ3v) is 4.00. The van der Waals surface area contributed by atoms with E-state index in [4.69, 9.17) is 27.9 Å². The molecule has 0 amide bonds. The zero-order valence-corrected chi connectivity index (χ0v) is 13.0. The fourth-order valence-electron chi connectivity index (χ4n) is 2.22. The minimum absolute atomic E-state index is 0.313. The molecule has 0 radical (unpaired) electrons. The van der Waals surface area contributed by atoms with Crippen molar-refractivity contribution in [3.05, 3.63) is 69.2 Å². The van der Waals surface area contributed by atoms with Gasteiger partial charge in [-0.3, -0.25) is 0 Å². The van der Waals surface area contributed by atoms with Crippen LogP contribution in [0.15, 0.2) is 42.6 Å². The third kappa shape index (κ3) is 2.56. The number of ether oxygens (including phenoxy) is 1. The lowest BCUT2D eigenvalue weighted by Crippen LogP contribution is -2.27. The van der Waals surface area contributed by atoms with Crippen LogP contribution in [0.5, 0.6) is 11.5 Å². The Kier molecular flexibility index (Phi) is 3.81. The first-order valence-electron chi connectivity index (χ1n) is 6.41. The SMILES string of the molecule is Cc1c(Cl)cc(Cl)c2c(Oc3ccc(F)cc3)cc[n+]([O-])c12. The third-order valence-electron chi connectivity index (χ3n) is 3.31. The van der Waals surface area contributed by atoms with Gasteiger partial charge in [-0.25, -0.2) is 4.39 Å². The molecule has 3 nitrogen and oxygen atoms in total. The highest BCUT2D eigenvalue weighted by molar-refractivity contribution is 6.39. The molecule has 6 heteroatoms. The first kappa shape index (κ1) is 14.9. The Hall–Kier alpha value is -2.04. The molecule has 0 unspecified atom stereocenters. The first-order valence-corrected chi connectivity index (χ1v) is 7.17. The topological polar surface area (TPSA) is 36.2 Å². The van der Waals surface area contributed by atoms with E-state index in [1.54, 1.807) is 13.0 Å². The van der Waals surface area contributed by atoms with E-state index in [9.17, 15) is 9.60 Å². The standard InChI is InChI=1S/C16H10Cl2FNO2/c1-9-12(17)8-13(18)15-14(6-7-20(21)16(9)15)22-11-4-2-10(19)3-5-11/h2-8H,1H3. The van der Waals surface area contributed by atoms with Gasteiger partial charge < -0.3 is 9.94 Å². The van der Waals surface area contributed by atoms with Gasteiger partial charge in [0.05, 0.1) is 10.0 Å². The average molecular weight is 338 g/mol. The zero-order valence-electron chi connectivity index (χ0n) is 11.4. The molecule has 0 aliphatic heterocycles. The lowest BCUT2D eigenvalue weighted by molar-refractivity contribution is -0.577. The molecule has 22 heavy (non-hydrogen) atoms. The van der Waals surface area contributed by atoms with E-state index < -0.39 is 0 Å². The zero-order chi connectivity index (χ0) is 15.9. The van der Waals surface area contributed by atoms with E-state index in [0.29, 0.717) is 42.7 Å². The van der Waals surface area contributed by atoms with E-state index in [0.717, 1.165) is 0 Å². The van der Waals surface area contributed by atoms with E-state index in [1.165, 1.54) is 36.5 Å². The highest BCUT2D eigenvalue weighted by atomic mass is 35.5. The Labute approximate surface area is 136 Å². The fourth-order valence-corrected chi connectivity index (χ4v) is 2.77. The second-order valence-electron chi connectivity index (χ2n) is 4.75. The van der Waals surface area contributed by atoms with Gasteiger partial charge in [0.15, 0.2) is 6.20 Å². The molecule has 1 heterocycles. The molecule has 0 spiro atoms. The van der Waals surface area contributed by atoms with Crippen molar-refractivity contribution in [2.24, 2.45) is 0 Å². The Bertz CT molecular complexity index is 866. The summed E-state index contributed by atoms with van der Waals surface area (Å²) in [5.41, 5.74) is 0.956. The number of hydrogen-bond donors (Lipinski definition) is 0. The maximum atomic E-state index is 13.0. The molecule has 3 rings (SSSR count). The number of pyridine rings is 1. The van der Waals surface area contributed by atoms with Crippen LogP contribution in [0, 0.1) is 17.9 Å². The van der Waals surface area contributed by atoms with Crippen LogP contribution in [0.3, 0.4) is 0 Å². The minimum Gasteiger partial charge on any atom is -0.618 e. The van der Waals surface area contributed by atoms with Crippen molar-refractivity contribution in [3.63, 3.8) is 0 Å². The summed E-state index contributed by atoms with van der Waals surface area (Å²) in [6.45, 7) is 1.73. The van der Waals surface area contributed by atoms with E-state index >= 15 is 0 Å². The van der Waals surface area contributed by atoms with Gasteiger partial charge in [0, 0.05) is 11.6 Å². The number of nitrogens with zero attached hydrogens (tertiary/aromatic N) is 1. The Morgan fingerprint density at radius 2 is 1.77 bits per heavy atom. The van der Waals surface area contributed by atoms with Gasteiger partial charge in [0.1, 0.15) is 22.7 Å². The smallest absolute Gasteiger partial charge is 0.233 e. The number of benzene rings is 2. The van der Waals surface area contributed by atoms with Gasteiger partial charge >= 0.3 is 0 Å². The van der Waals surface area contributed by atoms with E-state index in [2.05, 4.69) is 0 Å². The van der Waals surface area contributed by atoms with Crippen molar-refractivity contribution in [2.45, 2.75) is 6.92 Å². The van der Waals surface area contributed by atoms with Gasteiger partial charge in [-0.05, 0) is 37.3 Å². The molecule has 1 aromatic heterocycles. The molecular formula is C16H10Cl2FNO2. The number of fused-ring (bicyclic) bond motifs is 1. The lowest BCUT2D eigenvalue weighted by Gasteiger charge is -2.12. The van der Waals surface area contributed by atoms with Crippen LogP contribution in [0.1, 0.15) is 5.56 Å². The second kappa shape index (κ2) is 5.63. The van der Waals surface area contributed by atoms with Crippen molar-refractivity contribution >= 4 is 34.1 Å². The predicted octanol–water partition coefficient (Wildman–Crippen LogP) is 5.02. The first-order chi connectivity index (χ1) is 10.5. The van der Waals surface area contributed by atoms with Crippen LogP contribution >= 0.6 is 23.2 Å². The number of aromatic nitrogens is 1. The molecule has 2 aromatic carbocycles. The molecule has 0 atom stereocenters. The van der Waals surface area contributed by atoms with Crippen LogP contribution in [-0.2, 0) is 0 Å². The normalized spacial score (nSPS) is 10.9. The van der Waals surface area contributed by atoms with Gasteiger partial charge in [-0.15, -0.1) is 0 Å². The molecule has 0 N–H and O–H groups in total. The summed E-state index contributed by atoms with van der Waals surface area (Å²) in [5, 5.41) is 13.2. The van der Waals surface area contributed by atoms with Crippen LogP contribution in [0.2, 0.25) is 10.0 Å². The Morgan fingerprint density at radius 1 is 1.09 bits per heavy atom. The van der Waals surface area contributed by atoms with Gasteiger partial charge in [-0.1, -0.05) is 23.2 Å². The van der Waals surface area contributed by atoms with E-state index in [-0.39, 0.29) is 5.82 Å². The highest BCUT2D eigenvalue weighted by Gasteiger charge is 2.19. The number of aryl methyl sites for hydroxylation is 1. The minimum atomic E-state index is -0.358. The molecule has 0 aliphatic carbocycles. The molecule has 0 aliphatic rings. The summed E-state index contributed by atoms with van der Waals surface area (Å²) in [6, 6.07) is 8.65. The fraction of sp³-hybridized carbons (Fsp3) is 0.0625. The summed E-state index contributed by atoms with van der Waals surface area (Å²) in [6.07, 6.45) is 1.32. The number of rotatable bonds is 2. The quantitative estimate of drug-likeness (QED) is 0.486. The van der Waals surface area contributed by atoms with Gasteiger partial charge in [-0.2, -0.15) is 4.73 Å². The second-order valence-corrected chi connectivity index (χ2v) is 5.56. The van der Waals surface area contributed by atoms with Gasteiger partial charge in [0.2, 0.25) is 5.52 Å². The van der Waals surface area contributed by atoms with Crippen LogP contribution < -0.4 is 9.47 Å². The number of halogens is 3. The maximum absolute atomic E-state index is 13.0. The molecular weight excluding hydrogens is 328 g/mol. The Morgan fingerprint density at radius 3 is 2.45 bits per heavy atom. The largest absolute Gasteiger partial charge is 0.618 e. The molecule has 112 valence electrons. The monoisotopic (exact) mass is 337 g/mol. The molecule has 0 saturated carbocycles. The molecule has 0 saturated heterocycles. The maximum Gasteiger partial charge on any atom is 0.233 e. The van der Waals surface area contributed by atoms with Crippen LogP contribution in [-0.4, -0.2) is 0 Å². The lowest BCUT2D eigenvalue weighted by atomic mass is 10.1. The van der Waals surface area contributed by atoms with E-state index in [1.807, 2.05) is 0 Å². The van der Waals surface area contributed by atoms with Crippen molar-refractivity contribution in [1.82, 2.24) is 0 Å². The van der Waals surface area contributed by atoms with Crippen molar-refractivity contribution < 1.29 is 13.9 Å². The molecule has 3 aromatic rings. The van der Waals surface area contributed by atoms with Crippen LogP contribution in [0.25, 0.3) is 10.9 Å². The van der Waals surface area contributed by atoms with Gasteiger partial charge in [0.25, 0.3) is 0 Å². The highest BCUT2D eigenvalue weighted by Crippen LogP contribution is 2.37. The average Bonchev–Trinajstić information content (AvgIpc) is 2.49. The summed E-state index contributed by atoms with van der Waals surface area (Å²) in [7, 11) is 0. The summed E-state index contributed by atoms with van der Waals surface area (Å²) >= 11 is 12.3. The summed E-state index contributed by atoms with van der Waals surface area (Å²) in [5.74, 6) is 0.483. The summed E-state index contributed by atoms with van der Waals surface area (Å²) < 4.78 is 19.4. The molecule has 0 fully saturated rings. The van der Waals surface area contributed by atoms with Crippen LogP contribution in [0.4, 0.5) is 4.39 Å². The van der Waals surface area contributed by atoms with Crippen molar-refractivity contribution in [1.29, 1.82) is 0 Å². The van der Waals surface area contributed by atoms with Crippen molar-refractivity contribution in [3.8, 4) is 11.5 Å². The molecule has 0 bridgehead atoms. The predicted molar refractivity (Wildman–Crippen MR) is 84.1 cm³/mol. The summed E-state index contributed by atoms with van der Waals surface area (Å²) in [4.78, 5) is 0. The van der Waals surface area contributed by atoms with Crippen molar-refractivity contribution in [2.75, 3.05) is 0 Å². The Balaban J connectivity index is 2.20.